The maximum absolute atomic E-state index is 13.4. The van der Waals surface area contributed by atoms with E-state index in [1.165, 1.54) is 30.5 Å². The van der Waals surface area contributed by atoms with Crippen molar-refractivity contribution in [2.45, 2.75) is 39.3 Å². The summed E-state index contributed by atoms with van der Waals surface area (Å²) in [6, 6.07) is 11.4. The second kappa shape index (κ2) is 5.86. The zero-order chi connectivity index (χ0) is 14.8. The minimum Gasteiger partial charge on any atom is -0.457 e. The van der Waals surface area contributed by atoms with Gasteiger partial charge in [-0.3, -0.25) is 0 Å². The largest absolute Gasteiger partial charge is 0.457 e. The summed E-state index contributed by atoms with van der Waals surface area (Å²) in [4.78, 5) is 0. The van der Waals surface area contributed by atoms with Crippen molar-refractivity contribution in [2.24, 2.45) is 0 Å². The molecular formula is C18H20FNO. The second-order valence-corrected chi connectivity index (χ2v) is 5.78. The van der Waals surface area contributed by atoms with E-state index in [2.05, 4.69) is 18.3 Å². The van der Waals surface area contributed by atoms with Gasteiger partial charge in [0, 0.05) is 24.2 Å². The highest BCUT2D eigenvalue weighted by molar-refractivity contribution is 5.42. The van der Waals surface area contributed by atoms with Gasteiger partial charge in [-0.2, -0.15) is 0 Å². The molecule has 3 rings (SSSR count). The van der Waals surface area contributed by atoms with E-state index in [1.807, 2.05) is 19.1 Å². The molecule has 2 aromatic carbocycles. The zero-order valence-electron chi connectivity index (χ0n) is 12.4. The third-order valence-electron chi connectivity index (χ3n) is 3.74. The maximum Gasteiger partial charge on any atom is 0.133 e. The molecule has 0 saturated heterocycles. The monoisotopic (exact) mass is 285 g/mol. The lowest BCUT2D eigenvalue weighted by atomic mass is 10.1. The van der Waals surface area contributed by atoms with Crippen LogP contribution in [0.3, 0.4) is 0 Å². The first-order chi connectivity index (χ1) is 10.1. The first-order valence-electron chi connectivity index (χ1n) is 7.39. The predicted octanol–water partition coefficient (Wildman–Crippen LogP) is 4.49. The highest BCUT2D eigenvalue weighted by Crippen LogP contribution is 2.30. The SMILES string of the molecule is Cc1ccc(Oc2cc(F)ccc2C)c(CNC2CC2)c1. The lowest BCUT2D eigenvalue weighted by Gasteiger charge is -2.14. The maximum atomic E-state index is 13.4. The van der Waals surface area contributed by atoms with Crippen molar-refractivity contribution in [3.05, 3.63) is 58.9 Å². The molecule has 0 atom stereocenters. The molecule has 1 fully saturated rings. The summed E-state index contributed by atoms with van der Waals surface area (Å²) >= 11 is 0. The van der Waals surface area contributed by atoms with Crippen LogP contribution in [-0.4, -0.2) is 6.04 Å². The van der Waals surface area contributed by atoms with E-state index in [-0.39, 0.29) is 5.82 Å². The average Bonchev–Trinajstić information content (AvgIpc) is 3.27. The Hall–Kier alpha value is -1.87. The fourth-order valence-electron chi connectivity index (χ4n) is 2.29. The van der Waals surface area contributed by atoms with E-state index in [0.717, 1.165) is 23.4 Å². The van der Waals surface area contributed by atoms with Gasteiger partial charge in [-0.1, -0.05) is 23.8 Å². The van der Waals surface area contributed by atoms with Crippen molar-refractivity contribution < 1.29 is 9.13 Å². The quantitative estimate of drug-likeness (QED) is 0.874. The van der Waals surface area contributed by atoms with E-state index in [9.17, 15) is 4.39 Å². The Bertz CT molecular complexity index is 650. The first-order valence-corrected chi connectivity index (χ1v) is 7.39. The number of nitrogens with one attached hydrogen (secondary N) is 1. The summed E-state index contributed by atoms with van der Waals surface area (Å²) < 4.78 is 19.3. The van der Waals surface area contributed by atoms with E-state index in [0.29, 0.717) is 11.8 Å². The molecule has 1 aliphatic carbocycles. The number of benzene rings is 2. The number of hydrogen-bond acceptors (Lipinski definition) is 2. The van der Waals surface area contributed by atoms with E-state index in [1.54, 1.807) is 6.07 Å². The van der Waals surface area contributed by atoms with E-state index in [4.69, 9.17) is 4.74 Å². The Labute approximate surface area is 125 Å². The van der Waals surface area contributed by atoms with Crippen molar-refractivity contribution in [3.63, 3.8) is 0 Å². The van der Waals surface area contributed by atoms with Crippen molar-refractivity contribution in [3.8, 4) is 11.5 Å². The summed E-state index contributed by atoms with van der Waals surface area (Å²) in [5.74, 6) is 1.09. The topological polar surface area (TPSA) is 21.3 Å². The normalized spacial score (nSPS) is 14.2. The van der Waals surface area contributed by atoms with Crippen molar-refractivity contribution >= 4 is 0 Å². The fraction of sp³-hybridized carbons (Fsp3) is 0.333. The smallest absolute Gasteiger partial charge is 0.133 e. The van der Waals surface area contributed by atoms with Crippen LogP contribution in [0.15, 0.2) is 36.4 Å². The standard InChI is InChI=1S/C18H20FNO/c1-12-3-8-17(14(9-12)11-20-16-6-7-16)21-18-10-15(19)5-4-13(18)2/h3-5,8-10,16,20H,6-7,11H2,1-2H3. The molecule has 110 valence electrons. The van der Waals surface area contributed by atoms with Crippen LogP contribution in [-0.2, 0) is 6.54 Å². The van der Waals surface area contributed by atoms with Crippen LogP contribution >= 0.6 is 0 Å². The molecule has 1 N–H and O–H groups in total. The molecule has 2 aromatic rings. The van der Waals surface area contributed by atoms with Gasteiger partial charge in [0.25, 0.3) is 0 Å². The summed E-state index contributed by atoms with van der Waals surface area (Å²) in [7, 11) is 0. The molecular weight excluding hydrogens is 265 g/mol. The number of ether oxygens (including phenoxy) is 1. The number of rotatable bonds is 5. The van der Waals surface area contributed by atoms with Gasteiger partial charge in [-0.05, 0) is 44.4 Å². The van der Waals surface area contributed by atoms with Crippen LogP contribution in [0.5, 0.6) is 11.5 Å². The van der Waals surface area contributed by atoms with Gasteiger partial charge in [0.05, 0.1) is 0 Å². The van der Waals surface area contributed by atoms with Crippen LogP contribution in [0.2, 0.25) is 0 Å². The van der Waals surface area contributed by atoms with Crippen molar-refractivity contribution in [1.29, 1.82) is 0 Å². The lowest BCUT2D eigenvalue weighted by molar-refractivity contribution is 0.463. The van der Waals surface area contributed by atoms with Crippen LogP contribution in [0, 0.1) is 19.7 Å². The molecule has 0 spiro atoms. The Kier molecular flexibility index (Phi) is 3.93. The molecule has 2 nitrogen and oxygen atoms in total. The van der Waals surface area contributed by atoms with Gasteiger partial charge in [0.2, 0.25) is 0 Å². The number of halogens is 1. The summed E-state index contributed by atoms with van der Waals surface area (Å²) in [5, 5.41) is 3.50. The highest BCUT2D eigenvalue weighted by atomic mass is 19.1. The van der Waals surface area contributed by atoms with Crippen LogP contribution in [0.1, 0.15) is 29.5 Å². The molecule has 0 aromatic heterocycles. The molecule has 3 heteroatoms. The van der Waals surface area contributed by atoms with Crippen LogP contribution in [0.4, 0.5) is 4.39 Å². The van der Waals surface area contributed by atoms with Gasteiger partial charge in [0.15, 0.2) is 0 Å². The van der Waals surface area contributed by atoms with Gasteiger partial charge < -0.3 is 10.1 Å². The second-order valence-electron chi connectivity index (χ2n) is 5.78. The van der Waals surface area contributed by atoms with E-state index < -0.39 is 0 Å². The van der Waals surface area contributed by atoms with Gasteiger partial charge >= 0.3 is 0 Å². The molecule has 1 saturated carbocycles. The highest BCUT2D eigenvalue weighted by Gasteiger charge is 2.20. The first kappa shape index (κ1) is 14.1. The molecule has 0 bridgehead atoms. The predicted molar refractivity (Wildman–Crippen MR) is 82.3 cm³/mol. The minimum atomic E-state index is -0.277. The van der Waals surface area contributed by atoms with Gasteiger partial charge in [-0.15, -0.1) is 0 Å². The lowest BCUT2D eigenvalue weighted by Crippen LogP contribution is -2.15. The Balaban J connectivity index is 1.84. The fourth-order valence-corrected chi connectivity index (χ4v) is 2.29. The molecule has 0 radical (unpaired) electrons. The molecule has 1 aliphatic rings. The Morgan fingerprint density at radius 3 is 2.67 bits per heavy atom. The third kappa shape index (κ3) is 3.61. The molecule has 0 heterocycles. The van der Waals surface area contributed by atoms with Gasteiger partial charge in [0.1, 0.15) is 17.3 Å². The molecule has 0 unspecified atom stereocenters. The van der Waals surface area contributed by atoms with Crippen molar-refractivity contribution in [2.75, 3.05) is 0 Å². The summed E-state index contributed by atoms with van der Waals surface area (Å²) in [6.45, 7) is 4.78. The average molecular weight is 285 g/mol. The van der Waals surface area contributed by atoms with E-state index >= 15 is 0 Å². The minimum absolute atomic E-state index is 0.277. The van der Waals surface area contributed by atoms with Crippen molar-refractivity contribution in [1.82, 2.24) is 5.32 Å². The zero-order valence-corrected chi connectivity index (χ0v) is 12.4. The molecule has 0 aliphatic heterocycles. The molecule has 0 amide bonds. The number of aryl methyl sites for hydroxylation is 2. The summed E-state index contributed by atoms with van der Waals surface area (Å²) in [6.07, 6.45) is 2.51. The molecule has 21 heavy (non-hydrogen) atoms. The number of hydrogen-bond donors (Lipinski definition) is 1. The van der Waals surface area contributed by atoms with Gasteiger partial charge in [-0.25, -0.2) is 4.39 Å². The summed E-state index contributed by atoms with van der Waals surface area (Å²) in [5.41, 5.74) is 3.24. The Morgan fingerprint density at radius 2 is 1.90 bits per heavy atom. The Morgan fingerprint density at radius 1 is 1.10 bits per heavy atom. The van der Waals surface area contributed by atoms with Crippen LogP contribution in [0.25, 0.3) is 0 Å². The third-order valence-corrected chi connectivity index (χ3v) is 3.74. The van der Waals surface area contributed by atoms with Crippen LogP contribution < -0.4 is 10.1 Å².